The first-order valence-corrected chi connectivity index (χ1v) is 13.2. The lowest BCUT2D eigenvalue weighted by Crippen LogP contribution is -2.43. The number of halogens is 4. The fourth-order valence-corrected chi connectivity index (χ4v) is 5.29. The maximum absolute atomic E-state index is 14.0. The summed E-state index contributed by atoms with van der Waals surface area (Å²) in [5.74, 6) is -0.229. The molecule has 1 aromatic carbocycles. The number of likely N-dealkylation sites (tertiary alicyclic amines) is 2. The average molecular weight is 560 g/mol. The summed E-state index contributed by atoms with van der Waals surface area (Å²) in [5, 5.41) is 9.30. The van der Waals surface area contributed by atoms with Crippen LogP contribution in [-0.4, -0.2) is 80.7 Å². The molecule has 0 spiro atoms. The second-order valence-corrected chi connectivity index (χ2v) is 10.3. The van der Waals surface area contributed by atoms with Crippen LogP contribution in [0, 0.1) is 17.2 Å². The molecule has 0 bridgehead atoms. The molecule has 1 amide bonds. The summed E-state index contributed by atoms with van der Waals surface area (Å²) in [6.07, 6.45) is -1.56. The van der Waals surface area contributed by atoms with Crippen molar-refractivity contribution < 1.29 is 27.1 Å². The molecule has 9 nitrogen and oxygen atoms in total. The number of fused-ring (bicyclic) bond motifs is 1. The fourth-order valence-electron chi connectivity index (χ4n) is 5.29. The lowest BCUT2D eigenvalue weighted by molar-refractivity contribution is -0.139. The molecule has 0 N–H and O–H groups in total. The molecule has 13 heteroatoms. The van der Waals surface area contributed by atoms with Crippen LogP contribution >= 0.6 is 0 Å². The third-order valence-electron chi connectivity index (χ3n) is 7.55. The Morgan fingerprint density at radius 1 is 1.18 bits per heavy atom. The number of nitrogens with zero attached hydrogens (tertiary/aromatic N) is 7. The molecule has 5 rings (SSSR count). The maximum atomic E-state index is 14.0. The Kier molecular flexibility index (Phi) is 7.89. The lowest BCUT2D eigenvalue weighted by atomic mass is 9.94. The number of amides is 1. The van der Waals surface area contributed by atoms with Crippen molar-refractivity contribution in [2.75, 3.05) is 39.3 Å². The van der Waals surface area contributed by atoms with Gasteiger partial charge in [-0.25, -0.2) is 14.4 Å². The van der Waals surface area contributed by atoms with Gasteiger partial charge in [0.1, 0.15) is 29.2 Å². The van der Waals surface area contributed by atoms with Crippen LogP contribution in [0.15, 0.2) is 24.5 Å². The zero-order valence-corrected chi connectivity index (χ0v) is 22.0. The highest BCUT2D eigenvalue weighted by molar-refractivity contribution is 5.88. The van der Waals surface area contributed by atoms with Crippen molar-refractivity contribution in [3.63, 3.8) is 0 Å². The van der Waals surface area contributed by atoms with Gasteiger partial charge in [0.2, 0.25) is 11.7 Å². The largest absolute Gasteiger partial charge is 0.493 e. The van der Waals surface area contributed by atoms with Gasteiger partial charge in [0.05, 0.1) is 31.6 Å². The number of rotatable bonds is 7. The zero-order chi connectivity index (χ0) is 28.4. The summed E-state index contributed by atoms with van der Waals surface area (Å²) < 4.78 is 62.7. The third kappa shape index (κ3) is 6.01. The van der Waals surface area contributed by atoms with Crippen LogP contribution in [0.2, 0.25) is 0 Å². The average Bonchev–Trinajstić information content (AvgIpc) is 3.54. The molecule has 2 aliphatic rings. The molecule has 2 aromatic heterocycles. The first-order chi connectivity index (χ1) is 19.1. The number of carbonyl (C=O) groups is 1. The van der Waals surface area contributed by atoms with Crippen molar-refractivity contribution in [1.82, 2.24) is 29.3 Å². The van der Waals surface area contributed by atoms with Crippen molar-refractivity contribution in [3.8, 4) is 23.1 Å². The number of hydrogen-bond donors (Lipinski definition) is 0. The molecule has 2 fully saturated rings. The SMILES string of the molecule is Cn1cnc2c(-c3ccc(OCCC4CCN(CC(=O)N5CCC(F)C5)CC4)c(C(F)(F)F)c3)nc(C#N)nc21. The number of alkyl halides is 4. The second kappa shape index (κ2) is 11.4. The zero-order valence-electron chi connectivity index (χ0n) is 22.0. The van der Waals surface area contributed by atoms with Crippen molar-refractivity contribution in [2.24, 2.45) is 13.0 Å². The van der Waals surface area contributed by atoms with Gasteiger partial charge in [0.15, 0.2) is 5.65 Å². The predicted molar refractivity (Wildman–Crippen MR) is 137 cm³/mol. The van der Waals surface area contributed by atoms with E-state index in [0.717, 1.165) is 18.9 Å². The molecular weight excluding hydrogens is 530 g/mol. The van der Waals surface area contributed by atoms with E-state index in [9.17, 15) is 27.6 Å². The Balaban J connectivity index is 1.21. The van der Waals surface area contributed by atoms with Gasteiger partial charge in [-0.1, -0.05) is 0 Å². The minimum Gasteiger partial charge on any atom is -0.493 e. The van der Waals surface area contributed by atoms with Crippen LogP contribution in [0.1, 0.15) is 37.1 Å². The van der Waals surface area contributed by atoms with E-state index in [4.69, 9.17) is 4.74 Å². The van der Waals surface area contributed by atoms with Crippen molar-refractivity contribution in [2.45, 2.75) is 38.0 Å². The summed E-state index contributed by atoms with van der Waals surface area (Å²) in [6, 6.07) is 5.56. The number of benzene rings is 1. The third-order valence-corrected chi connectivity index (χ3v) is 7.55. The number of hydrogen-bond acceptors (Lipinski definition) is 7. The number of piperidine rings is 1. The number of imidazole rings is 1. The summed E-state index contributed by atoms with van der Waals surface area (Å²) >= 11 is 0. The minimum absolute atomic E-state index is 0.0559. The van der Waals surface area contributed by atoms with E-state index in [2.05, 4.69) is 19.9 Å². The monoisotopic (exact) mass is 559 g/mol. The van der Waals surface area contributed by atoms with Crippen LogP contribution < -0.4 is 4.74 Å². The normalized spacial score (nSPS) is 18.8. The molecular formula is C27H29F4N7O2. The molecule has 2 aliphatic heterocycles. The first-order valence-electron chi connectivity index (χ1n) is 13.2. The highest BCUT2D eigenvalue weighted by Gasteiger charge is 2.35. The van der Waals surface area contributed by atoms with Crippen molar-refractivity contribution in [1.29, 1.82) is 5.26 Å². The Morgan fingerprint density at radius 2 is 1.95 bits per heavy atom. The van der Waals surface area contributed by atoms with Crippen LogP contribution in [0.3, 0.4) is 0 Å². The standard InChI is InChI=1S/C27H29F4N7O2/c1-36-16-33-25-24(34-22(13-32)35-26(25)36)18-2-3-21(20(12-18)27(29,30)31)40-11-7-17-4-8-37(9-5-17)15-23(39)38-10-6-19(28)14-38/h2-3,12,16-17,19H,4-11,14-15H2,1H3. The molecule has 4 heterocycles. The quantitative estimate of drug-likeness (QED) is 0.404. The summed E-state index contributed by atoms with van der Waals surface area (Å²) in [5.41, 5.74) is -0.00512. The van der Waals surface area contributed by atoms with Crippen LogP contribution in [0.5, 0.6) is 5.75 Å². The van der Waals surface area contributed by atoms with E-state index in [0.29, 0.717) is 43.6 Å². The predicted octanol–water partition coefficient (Wildman–Crippen LogP) is 3.97. The van der Waals surface area contributed by atoms with Crippen LogP contribution in [0.4, 0.5) is 17.6 Å². The highest BCUT2D eigenvalue weighted by atomic mass is 19.4. The second-order valence-electron chi connectivity index (χ2n) is 10.3. The smallest absolute Gasteiger partial charge is 0.419 e. The Labute approximate surface area is 228 Å². The summed E-state index contributed by atoms with van der Waals surface area (Å²) in [6.45, 7) is 2.43. The van der Waals surface area contributed by atoms with Gasteiger partial charge in [0, 0.05) is 19.2 Å². The Hall–Kier alpha value is -3.79. The number of aromatic nitrogens is 4. The molecule has 0 radical (unpaired) electrons. The maximum Gasteiger partial charge on any atom is 0.419 e. The Morgan fingerprint density at radius 3 is 2.62 bits per heavy atom. The van der Waals surface area contributed by atoms with E-state index < -0.39 is 17.9 Å². The summed E-state index contributed by atoms with van der Waals surface area (Å²) in [4.78, 5) is 28.4. The molecule has 1 unspecified atom stereocenters. The van der Waals surface area contributed by atoms with E-state index in [1.54, 1.807) is 16.5 Å². The van der Waals surface area contributed by atoms with E-state index in [1.165, 1.54) is 18.5 Å². The number of nitriles is 1. The van der Waals surface area contributed by atoms with Crippen LogP contribution in [-0.2, 0) is 18.0 Å². The molecule has 3 aromatic rings. The summed E-state index contributed by atoms with van der Waals surface area (Å²) in [7, 11) is 1.67. The molecule has 40 heavy (non-hydrogen) atoms. The van der Waals surface area contributed by atoms with Gasteiger partial charge in [-0.3, -0.25) is 9.69 Å². The minimum atomic E-state index is -4.67. The topological polar surface area (TPSA) is 100 Å². The van der Waals surface area contributed by atoms with Crippen molar-refractivity contribution >= 4 is 17.1 Å². The highest BCUT2D eigenvalue weighted by Crippen LogP contribution is 2.39. The number of ether oxygens (including phenoxy) is 1. The van der Waals surface area contributed by atoms with Gasteiger partial charge in [0.25, 0.3) is 0 Å². The van der Waals surface area contributed by atoms with Crippen molar-refractivity contribution in [3.05, 3.63) is 35.9 Å². The van der Waals surface area contributed by atoms with Gasteiger partial charge < -0.3 is 14.2 Å². The fraction of sp³-hybridized carbons (Fsp3) is 0.519. The number of aryl methyl sites for hydroxylation is 1. The molecule has 0 aliphatic carbocycles. The van der Waals surface area contributed by atoms with Gasteiger partial charge in [-0.15, -0.1) is 0 Å². The van der Waals surface area contributed by atoms with E-state index >= 15 is 0 Å². The molecule has 2 saturated heterocycles. The molecule has 212 valence electrons. The van der Waals surface area contributed by atoms with Gasteiger partial charge in [-0.05, 0) is 62.9 Å². The van der Waals surface area contributed by atoms with Gasteiger partial charge >= 0.3 is 6.18 Å². The first kappa shape index (κ1) is 27.8. The van der Waals surface area contributed by atoms with Crippen LogP contribution in [0.25, 0.3) is 22.4 Å². The lowest BCUT2D eigenvalue weighted by Gasteiger charge is -2.32. The number of carbonyl (C=O) groups excluding carboxylic acids is 1. The molecule has 1 atom stereocenters. The van der Waals surface area contributed by atoms with E-state index in [1.807, 2.05) is 6.07 Å². The van der Waals surface area contributed by atoms with Gasteiger partial charge in [-0.2, -0.15) is 23.4 Å². The van der Waals surface area contributed by atoms with E-state index in [-0.39, 0.29) is 54.4 Å². The molecule has 0 saturated carbocycles. The Bertz CT molecular complexity index is 1430.